The summed E-state index contributed by atoms with van der Waals surface area (Å²) >= 11 is 3.48. The van der Waals surface area contributed by atoms with Gasteiger partial charge in [0.05, 0.1) is 10.6 Å². The summed E-state index contributed by atoms with van der Waals surface area (Å²) in [7, 11) is 0. The van der Waals surface area contributed by atoms with Crippen LogP contribution in [-0.4, -0.2) is 21.6 Å². The van der Waals surface area contributed by atoms with Crippen LogP contribution in [-0.2, 0) is 4.74 Å². The van der Waals surface area contributed by atoms with Crippen LogP contribution in [0.1, 0.15) is 38.8 Å². The zero-order valence-electron chi connectivity index (χ0n) is 13.4. The number of hydrogen-bond donors (Lipinski definition) is 0. The molecule has 4 nitrogen and oxygen atoms in total. The number of benzene rings is 1. The van der Waals surface area contributed by atoms with E-state index in [9.17, 15) is 4.79 Å². The molecule has 1 aliphatic rings. The van der Waals surface area contributed by atoms with E-state index in [1.54, 1.807) is 11.1 Å². The van der Waals surface area contributed by atoms with Gasteiger partial charge in [-0.3, -0.25) is 9.88 Å². The van der Waals surface area contributed by atoms with E-state index in [0.717, 1.165) is 27.4 Å². The first-order chi connectivity index (χ1) is 10.8. The van der Waals surface area contributed by atoms with Gasteiger partial charge >= 0.3 is 6.09 Å². The Bertz CT molecular complexity index is 780. The number of carbonyl (C=O) groups excluding carboxylic acids is 1. The predicted molar refractivity (Wildman–Crippen MR) is 94.2 cm³/mol. The predicted octanol–water partition coefficient (Wildman–Crippen LogP) is 5.15. The fraction of sp³-hybridized carbons (Fsp3) is 0.333. The molecule has 0 spiro atoms. The molecule has 5 heteroatoms. The third-order valence-electron chi connectivity index (χ3n) is 3.69. The second-order valence-corrected chi connectivity index (χ2v) is 7.42. The van der Waals surface area contributed by atoms with Crippen LogP contribution in [0.4, 0.5) is 4.79 Å². The van der Waals surface area contributed by atoms with Crippen molar-refractivity contribution in [2.75, 3.05) is 0 Å². The molecule has 1 atom stereocenters. The number of hydrogen-bond acceptors (Lipinski definition) is 3. The molecule has 1 aliphatic heterocycles. The van der Waals surface area contributed by atoms with Crippen LogP contribution < -0.4 is 0 Å². The summed E-state index contributed by atoms with van der Waals surface area (Å²) in [5, 5.41) is 2.20. The van der Waals surface area contributed by atoms with E-state index in [-0.39, 0.29) is 12.1 Å². The third kappa shape index (κ3) is 3.39. The van der Waals surface area contributed by atoms with Gasteiger partial charge in [0, 0.05) is 17.8 Å². The molecular formula is C18H19BrN2O2. The molecule has 0 radical (unpaired) electrons. The van der Waals surface area contributed by atoms with Gasteiger partial charge in [-0.25, -0.2) is 4.79 Å². The first-order valence-corrected chi connectivity index (χ1v) is 8.36. The van der Waals surface area contributed by atoms with E-state index in [0.29, 0.717) is 0 Å². The van der Waals surface area contributed by atoms with Crippen molar-refractivity contribution < 1.29 is 9.53 Å². The van der Waals surface area contributed by atoms with Gasteiger partial charge in [0.2, 0.25) is 0 Å². The van der Waals surface area contributed by atoms with Crippen LogP contribution in [0.3, 0.4) is 0 Å². The molecule has 2 aromatic rings. The number of pyridine rings is 1. The Hall–Kier alpha value is -1.88. The monoisotopic (exact) mass is 374 g/mol. The maximum absolute atomic E-state index is 12.5. The highest BCUT2D eigenvalue weighted by Gasteiger charge is 2.34. The first-order valence-electron chi connectivity index (χ1n) is 7.57. The van der Waals surface area contributed by atoms with E-state index in [2.05, 4.69) is 27.0 Å². The second kappa shape index (κ2) is 5.96. The second-order valence-electron chi connectivity index (χ2n) is 6.61. The van der Waals surface area contributed by atoms with Gasteiger partial charge in [-0.15, -0.1) is 0 Å². The Kier molecular flexibility index (Phi) is 4.15. The minimum atomic E-state index is -0.521. The minimum absolute atomic E-state index is 0.0585. The van der Waals surface area contributed by atoms with Crippen LogP contribution in [0.25, 0.3) is 10.8 Å². The minimum Gasteiger partial charge on any atom is -0.443 e. The van der Waals surface area contributed by atoms with Crippen LogP contribution in [0.2, 0.25) is 0 Å². The van der Waals surface area contributed by atoms with Gasteiger partial charge in [-0.1, -0.05) is 18.2 Å². The lowest BCUT2D eigenvalue weighted by Gasteiger charge is -2.29. The number of rotatable bonds is 1. The van der Waals surface area contributed by atoms with Crippen molar-refractivity contribution in [3.63, 3.8) is 0 Å². The third-order valence-corrected chi connectivity index (χ3v) is 4.40. The summed E-state index contributed by atoms with van der Waals surface area (Å²) in [6.45, 7) is 5.61. The molecular weight excluding hydrogens is 356 g/mol. The summed E-state index contributed by atoms with van der Waals surface area (Å²) < 4.78 is 6.29. The first kappa shape index (κ1) is 16.0. The highest BCUT2D eigenvalue weighted by molar-refractivity contribution is 9.11. The van der Waals surface area contributed by atoms with Crippen molar-refractivity contribution in [2.24, 2.45) is 0 Å². The van der Waals surface area contributed by atoms with Gasteiger partial charge in [0.15, 0.2) is 0 Å². The lowest BCUT2D eigenvalue weighted by Crippen LogP contribution is -2.35. The van der Waals surface area contributed by atoms with Crippen molar-refractivity contribution in [3.05, 3.63) is 52.9 Å². The molecule has 0 fully saturated rings. The van der Waals surface area contributed by atoms with E-state index in [4.69, 9.17) is 4.74 Å². The normalized spacial score (nSPS) is 18.2. The highest BCUT2D eigenvalue weighted by atomic mass is 79.9. The van der Waals surface area contributed by atoms with Crippen molar-refractivity contribution in [2.45, 2.75) is 38.8 Å². The number of fused-ring (bicyclic) bond motifs is 1. The number of aromatic nitrogens is 1. The fourth-order valence-corrected chi connectivity index (χ4v) is 3.26. The molecule has 120 valence electrons. The van der Waals surface area contributed by atoms with E-state index in [1.165, 1.54) is 0 Å². The number of halogens is 1. The van der Waals surface area contributed by atoms with Crippen LogP contribution in [0.15, 0.2) is 47.3 Å². The standard InChI is InChI=1S/C18H19BrN2O2/c1-18(2,3)23-17(22)21-15(6-7-16(21)19)13-4-5-14-11-20-9-8-12(14)10-13/h4-5,7-11,15H,6H2,1-3H3. The van der Waals surface area contributed by atoms with Crippen LogP contribution in [0.5, 0.6) is 0 Å². The van der Waals surface area contributed by atoms with Gasteiger partial charge < -0.3 is 4.74 Å². The van der Waals surface area contributed by atoms with Crippen molar-refractivity contribution in [1.29, 1.82) is 0 Å². The molecule has 0 saturated heterocycles. The molecule has 23 heavy (non-hydrogen) atoms. The number of carbonyl (C=O) groups is 1. The molecule has 2 heterocycles. The number of amides is 1. The van der Waals surface area contributed by atoms with Gasteiger partial charge in [-0.2, -0.15) is 0 Å². The molecule has 0 aliphatic carbocycles. The Morgan fingerprint density at radius 2 is 2.09 bits per heavy atom. The van der Waals surface area contributed by atoms with E-state index in [1.807, 2.05) is 51.2 Å². The summed E-state index contributed by atoms with van der Waals surface area (Å²) in [6.07, 6.45) is 6.05. The highest BCUT2D eigenvalue weighted by Crippen LogP contribution is 2.39. The Labute approximate surface area is 144 Å². The van der Waals surface area contributed by atoms with Crippen LogP contribution >= 0.6 is 15.9 Å². The Morgan fingerprint density at radius 3 is 2.83 bits per heavy atom. The lowest BCUT2D eigenvalue weighted by molar-refractivity contribution is 0.0281. The zero-order valence-corrected chi connectivity index (χ0v) is 15.0. The lowest BCUT2D eigenvalue weighted by atomic mass is 10.0. The van der Waals surface area contributed by atoms with Gasteiger partial charge in [0.25, 0.3) is 0 Å². The topological polar surface area (TPSA) is 42.4 Å². The maximum Gasteiger partial charge on any atom is 0.415 e. The molecule has 3 rings (SSSR count). The average Bonchev–Trinajstić information content (AvgIpc) is 2.87. The number of nitrogens with zero attached hydrogens (tertiary/aromatic N) is 2. The summed E-state index contributed by atoms with van der Waals surface area (Å²) in [6, 6.07) is 8.12. The van der Waals surface area contributed by atoms with Crippen LogP contribution in [0, 0.1) is 0 Å². The Morgan fingerprint density at radius 1 is 1.30 bits per heavy atom. The van der Waals surface area contributed by atoms with Crippen molar-refractivity contribution >= 4 is 32.8 Å². The molecule has 1 aromatic carbocycles. The SMILES string of the molecule is CC(C)(C)OC(=O)N1C(Br)=CCC1c1ccc2cnccc2c1. The molecule has 1 amide bonds. The van der Waals surface area contributed by atoms with Crippen molar-refractivity contribution in [1.82, 2.24) is 9.88 Å². The average molecular weight is 375 g/mol. The van der Waals surface area contributed by atoms with Gasteiger partial charge in [-0.05, 0) is 66.2 Å². The summed E-state index contributed by atoms with van der Waals surface area (Å²) in [4.78, 5) is 18.3. The molecule has 1 aromatic heterocycles. The quantitative estimate of drug-likeness (QED) is 0.647. The number of ether oxygens (including phenoxy) is 1. The molecule has 0 N–H and O–H groups in total. The maximum atomic E-state index is 12.5. The Balaban J connectivity index is 1.92. The van der Waals surface area contributed by atoms with Crippen molar-refractivity contribution in [3.8, 4) is 0 Å². The van der Waals surface area contributed by atoms with E-state index >= 15 is 0 Å². The zero-order chi connectivity index (χ0) is 16.6. The summed E-state index contributed by atoms with van der Waals surface area (Å²) in [5.41, 5.74) is 0.562. The molecule has 0 saturated carbocycles. The summed E-state index contributed by atoms with van der Waals surface area (Å²) in [5.74, 6) is 0. The van der Waals surface area contributed by atoms with Gasteiger partial charge in [0.1, 0.15) is 5.60 Å². The fourth-order valence-electron chi connectivity index (χ4n) is 2.68. The molecule has 1 unspecified atom stereocenters. The smallest absolute Gasteiger partial charge is 0.415 e. The largest absolute Gasteiger partial charge is 0.443 e. The molecule has 0 bridgehead atoms. The van der Waals surface area contributed by atoms with E-state index < -0.39 is 5.60 Å².